The van der Waals surface area contributed by atoms with Crippen LogP contribution in [0, 0.1) is 17.3 Å². The second kappa shape index (κ2) is 8.96. The van der Waals surface area contributed by atoms with Crippen molar-refractivity contribution in [3.05, 3.63) is 11.6 Å². The molecule has 7 atom stereocenters. The molecule has 0 unspecified atom stereocenters. The van der Waals surface area contributed by atoms with Gasteiger partial charge in [-0.25, -0.2) is 4.79 Å². The van der Waals surface area contributed by atoms with Crippen LogP contribution in [0.3, 0.4) is 0 Å². The molecule has 10 heteroatoms. The Morgan fingerprint density at radius 2 is 1.71 bits per heavy atom. The molecule has 0 aromatic heterocycles. The molecule has 0 spiro atoms. The van der Waals surface area contributed by atoms with Crippen molar-refractivity contribution in [1.29, 1.82) is 0 Å². The van der Waals surface area contributed by atoms with E-state index in [-0.39, 0.29) is 11.4 Å². The molecule has 3 aliphatic heterocycles. The SMILES string of the molecule is CC(=O)O[C@H]1O[C@@H]2O[C@H]3OC(=O)C(=CC[C@]4(OC(C)=O)CCCC(C)(C)C4)[C@H]3[C@H]2[C@@H]1OC(C)=O. The van der Waals surface area contributed by atoms with Crippen molar-refractivity contribution in [2.75, 3.05) is 0 Å². The third-order valence-corrected chi connectivity index (χ3v) is 6.95. The van der Waals surface area contributed by atoms with Gasteiger partial charge < -0.3 is 28.4 Å². The number of hydrogen-bond acceptors (Lipinski definition) is 10. The molecule has 188 valence electrons. The lowest BCUT2D eigenvalue weighted by atomic mass is 9.68. The molecule has 0 amide bonds. The van der Waals surface area contributed by atoms with Gasteiger partial charge in [-0.05, 0) is 31.1 Å². The Morgan fingerprint density at radius 3 is 2.32 bits per heavy atom. The van der Waals surface area contributed by atoms with Crippen molar-refractivity contribution in [1.82, 2.24) is 0 Å². The Balaban J connectivity index is 1.62. The first-order valence-corrected chi connectivity index (χ1v) is 11.7. The Morgan fingerprint density at radius 1 is 1.00 bits per heavy atom. The molecule has 0 radical (unpaired) electrons. The molecular weight excluding hydrogens is 448 g/mol. The maximum Gasteiger partial charge on any atom is 0.336 e. The third kappa shape index (κ3) is 4.84. The van der Waals surface area contributed by atoms with Gasteiger partial charge in [0.1, 0.15) is 5.60 Å². The lowest BCUT2D eigenvalue weighted by Gasteiger charge is -2.44. The largest absolute Gasteiger partial charge is 0.459 e. The van der Waals surface area contributed by atoms with Crippen LogP contribution in [0.5, 0.6) is 0 Å². The van der Waals surface area contributed by atoms with Crippen LogP contribution in [-0.4, -0.2) is 54.5 Å². The minimum atomic E-state index is -1.15. The molecule has 1 saturated carbocycles. The smallest absolute Gasteiger partial charge is 0.336 e. The van der Waals surface area contributed by atoms with Crippen molar-refractivity contribution in [2.24, 2.45) is 17.3 Å². The first kappa shape index (κ1) is 24.7. The summed E-state index contributed by atoms with van der Waals surface area (Å²) < 4.78 is 33.4. The first-order valence-electron chi connectivity index (χ1n) is 11.7. The second-order valence-electron chi connectivity index (χ2n) is 10.4. The maximum atomic E-state index is 12.8. The number of hydrogen-bond donors (Lipinski definition) is 0. The van der Waals surface area contributed by atoms with Crippen molar-refractivity contribution in [2.45, 2.75) is 97.3 Å². The van der Waals surface area contributed by atoms with Crippen LogP contribution in [0.2, 0.25) is 0 Å². The van der Waals surface area contributed by atoms with Crippen LogP contribution in [0.15, 0.2) is 11.6 Å². The van der Waals surface area contributed by atoms with Crippen LogP contribution in [0.1, 0.15) is 66.7 Å². The summed E-state index contributed by atoms with van der Waals surface area (Å²) >= 11 is 0. The molecule has 4 fully saturated rings. The molecule has 4 aliphatic rings. The number of esters is 4. The van der Waals surface area contributed by atoms with E-state index in [0.29, 0.717) is 24.8 Å². The summed E-state index contributed by atoms with van der Waals surface area (Å²) in [6.07, 6.45) is 1.49. The lowest BCUT2D eigenvalue weighted by molar-refractivity contribution is -0.244. The van der Waals surface area contributed by atoms with Gasteiger partial charge >= 0.3 is 23.9 Å². The maximum absolute atomic E-state index is 12.8. The second-order valence-corrected chi connectivity index (χ2v) is 10.4. The standard InChI is InChI=1S/C24H32O10/c1-12(25)29-18-17-16-15(7-10-24(34-14(3)27)9-6-8-23(4,5)11-24)19(28)31-20(16)32-21(17)33-22(18)30-13(2)26/h7,16-18,20-22H,6,8-11H2,1-5H3/t16-,17-,18-,20+,21-,22-,24+/m0/s1. The van der Waals surface area contributed by atoms with Gasteiger partial charge in [0.15, 0.2) is 12.4 Å². The minimum Gasteiger partial charge on any atom is -0.459 e. The van der Waals surface area contributed by atoms with E-state index in [4.69, 9.17) is 28.4 Å². The van der Waals surface area contributed by atoms with E-state index in [2.05, 4.69) is 13.8 Å². The molecular formula is C24H32O10. The predicted molar refractivity (Wildman–Crippen MR) is 113 cm³/mol. The summed E-state index contributed by atoms with van der Waals surface area (Å²) in [4.78, 5) is 48.0. The number of carbonyl (C=O) groups is 4. The summed E-state index contributed by atoms with van der Waals surface area (Å²) in [7, 11) is 0. The number of fused-ring (bicyclic) bond motifs is 3. The number of rotatable bonds is 5. The average Bonchev–Trinajstić information content (AvgIpc) is 3.26. The zero-order chi connectivity index (χ0) is 24.8. The molecule has 3 heterocycles. The monoisotopic (exact) mass is 480 g/mol. The Kier molecular flexibility index (Phi) is 6.50. The fourth-order valence-corrected chi connectivity index (χ4v) is 5.94. The highest BCUT2D eigenvalue weighted by molar-refractivity contribution is 5.91. The molecule has 4 rings (SSSR count). The molecule has 1 aliphatic carbocycles. The molecule has 0 aromatic rings. The Bertz CT molecular complexity index is 907. The quantitative estimate of drug-likeness (QED) is 0.329. The van der Waals surface area contributed by atoms with Crippen molar-refractivity contribution in [3.63, 3.8) is 0 Å². The van der Waals surface area contributed by atoms with Crippen molar-refractivity contribution >= 4 is 23.9 Å². The van der Waals surface area contributed by atoms with Gasteiger partial charge in [-0.2, -0.15) is 0 Å². The van der Waals surface area contributed by atoms with E-state index in [0.717, 1.165) is 12.8 Å². The zero-order valence-corrected chi connectivity index (χ0v) is 20.2. The first-order chi connectivity index (χ1) is 15.9. The predicted octanol–water partition coefficient (Wildman–Crippen LogP) is 2.53. The van der Waals surface area contributed by atoms with Gasteiger partial charge in [0.25, 0.3) is 0 Å². The summed E-state index contributed by atoms with van der Waals surface area (Å²) in [5.74, 6) is -3.29. The topological polar surface area (TPSA) is 124 Å². The van der Waals surface area contributed by atoms with Gasteiger partial charge in [0, 0.05) is 32.8 Å². The van der Waals surface area contributed by atoms with E-state index in [1.54, 1.807) is 6.08 Å². The summed E-state index contributed by atoms with van der Waals surface area (Å²) in [5.41, 5.74) is -0.375. The fourth-order valence-electron chi connectivity index (χ4n) is 5.94. The Labute approximate surface area is 198 Å². The number of ether oxygens (including phenoxy) is 6. The molecule has 10 nitrogen and oxygen atoms in total. The fraction of sp³-hybridized carbons (Fsp3) is 0.750. The summed E-state index contributed by atoms with van der Waals surface area (Å²) in [6.45, 7) is 8.13. The van der Waals surface area contributed by atoms with E-state index in [1.807, 2.05) is 0 Å². The van der Waals surface area contributed by atoms with E-state index < -0.39 is 60.3 Å². The molecule has 34 heavy (non-hydrogen) atoms. The Hall–Kier alpha value is -2.46. The summed E-state index contributed by atoms with van der Waals surface area (Å²) in [6, 6.07) is 0. The van der Waals surface area contributed by atoms with Crippen LogP contribution in [-0.2, 0) is 47.6 Å². The van der Waals surface area contributed by atoms with Gasteiger partial charge in [-0.15, -0.1) is 0 Å². The highest BCUT2D eigenvalue weighted by atomic mass is 16.8. The lowest BCUT2D eigenvalue weighted by Crippen LogP contribution is -2.42. The van der Waals surface area contributed by atoms with Gasteiger partial charge in [0.2, 0.25) is 12.6 Å². The van der Waals surface area contributed by atoms with Crippen LogP contribution in [0.4, 0.5) is 0 Å². The van der Waals surface area contributed by atoms with Gasteiger partial charge in [-0.3, -0.25) is 14.4 Å². The van der Waals surface area contributed by atoms with E-state index in [1.165, 1.54) is 20.8 Å². The van der Waals surface area contributed by atoms with Crippen molar-refractivity contribution in [3.8, 4) is 0 Å². The van der Waals surface area contributed by atoms with Gasteiger partial charge in [-0.1, -0.05) is 19.9 Å². The normalized spacial score (nSPS) is 39.2. The van der Waals surface area contributed by atoms with Crippen LogP contribution in [0.25, 0.3) is 0 Å². The van der Waals surface area contributed by atoms with Gasteiger partial charge in [0.05, 0.1) is 11.8 Å². The molecule has 0 aromatic carbocycles. The minimum absolute atomic E-state index is 0.0105. The summed E-state index contributed by atoms with van der Waals surface area (Å²) in [5, 5.41) is 0. The van der Waals surface area contributed by atoms with Crippen LogP contribution >= 0.6 is 0 Å². The molecule has 0 bridgehead atoms. The molecule has 3 saturated heterocycles. The highest BCUT2D eigenvalue weighted by Crippen LogP contribution is 2.52. The average molecular weight is 481 g/mol. The zero-order valence-electron chi connectivity index (χ0n) is 20.2. The number of carbonyl (C=O) groups excluding carboxylic acids is 4. The third-order valence-electron chi connectivity index (χ3n) is 6.95. The highest BCUT2D eigenvalue weighted by Gasteiger charge is 2.64. The van der Waals surface area contributed by atoms with E-state index >= 15 is 0 Å². The van der Waals surface area contributed by atoms with Crippen molar-refractivity contribution < 1.29 is 47.6 Å². The van der Waals surface area contributed by atoms with E-state index in [9.17, 15) is 19.2 Å². The van der Waals surface area contributed by atoms with Crippen LogP contribution < -0.4 is 0 Å². The molecule has 0 N–H and O–H groups in total.